The third-order valence-corrected chi connectivity index (χ3v) is 3.86. The summed E-state index contributed by atoms with van der Waals surface area (Å²) < 4.78 is 0. The number of aryl methyl sites for hydroxylation is 1. The Morgan fingerprint density at radius 2 is 1.76 bits per heavy atom. The van der Waals surface area contributed by atoms with E-state index in [1.807, 2.05) is 24.5 Å². The molecule has 0 fully saturated rings. The van der Waals surface area contributed by atoms with E-state index in [0.29, 0.717) is 6.04 Å². The number of halogens is 1. The van der Waals surface area contributed by atoms with Crippen molar-refractivity contribution in [1.29, 1.82) is 0 Å². The Kier molecular flexibility index (Phi) is 6.71. The number of pyridine rings is 1. The highest BCUT2D eigenvalue weighted by molar-refractivity contribution is 6.30. The molecule has 0 saturated carbocycles. The second-order valence-corrected chi connectivity index (χ2v) is 5.81. The van der Waals surface area contributed by atoms with Gasteiger partial charge in [0.25, 0.3) is 0 Å². The molecule has 21 heavy (non-hydrogen) atoms. The van der Waals surface area contributed by atoms with E-state index in [9.17, 15) is 0 Å². The highest BCUT2D eigenvalue weighted by Crippen LogP contribution is 2.13. The van der Waals surface area contributed by atoms with Crippen LogP contribution in [-0.4, -0.2) is 17.6 Å². The van der Waals surface area contributed by atoms with E-state index in [0.717, 1.165) is 37.3 Å². The topological polar surface area (TPSA) is 24.9 Å². The molecule has 0 amide bonds. The molecule has 3 heteroatoms. The van der Waals surface area contributed by atoms with Gasteiger partial charge in [-0.2, -0.15) is 0 Å². The predicted octanol–water partition coefficient (Wildman–Crippen LogP) is 4.28. The molecule has 0 bridgehead atoms. The molecule has 112 valence electrons. The van der Waals surface area contributed by atoms with Gasteiger partial charge in [-0.05, 0) is 67.6 Å². The zero-order valence-electron chi connectivity index (χ0n) is 12.6. The van der Waals surface area contributed by atoms with Gasteiger partial charge in [0.2, 0.25) is 0 Å². The number of aromatic nitrogens is 1. The Morgan fingerprint density at radius 3 is 2.43 bits per heavy atom. The number of nitrogens with one attached hydrogen (secondary N) is 1. The highest BCUT2D eigenvalue weighted by Gasteiger charge is 2.09. The molecule has 0 spiro atoms. The van der Waals surface area contributed by atoms with E-state index in [4.69, 9.17) is 11.6 Å². The summed E-state index contributed by atoms with van der Waals surface area (Å²) in [7, 11) is 0. The summed E-state index contributed by atoms with van der Waals surface area (Å²) in [5.41, 5.74) is 2.69. The van der Waals surface area contributed by atoms with Crippen molar-refractivity contribution in [2.75, 3.05) is 6.54 Å². The number of hydrogen-bond acceptors (Lipinski definition) is 2. The highest BCUT2D eigenvalue weighted by atomic mass is 35.5. The molecule has 0 aliphatic heterocycles. The van der Waals surface area contributed by atoms with Crippen LogP contribution in [0, 0.1) is 0 Å². The lowest BCUT2D eigenvalue weighted by Gasteiger charge is -2.19. The minimum absolute atomic E-state index is 0.499. The molecule has 1 aromatic heterocycles. The minimum atomic E-state index is 0.499. The fourth-order valence-electron chi connectivity index (χ4n) is 2.42. The van der Waals surface area contributed by atoms with Gasteiger partial charge in [-0.1, -0.05) is 30.7 Å². The molecule has 1 aromatic carbocycles. The monoisotopic (exact) mass is 302 g/mol. The van der Waals surface area contributed by atoms with Crippen LogP contribution >= 0.6 is 11.6 Å². The maximum Gasteiger partial charge on any atom is 0.0406 e. The van der Waals surface area contributed by atoms with E-state index in [1.54, 1.807) is 0 Å². The van der Waals surface area contributed by atoms with Crippen LogP contribution in [0.25, 0.3) is 0 Å². The van der Waals surface area contributed by atoms with Crippen LogP contribution in [0.5, 0.6) is 0 Å². The average Bonchev–Trinajstić information content (AvgIpc) is 2.53. The van der Waals surface area contributed by atoms with Crippen LogP contribution in [-0.2, 0) is 12.8 Å². The van der Waals surface area contributed by atoms with Crippen LogP contribution in [0.4, 0.5) is 0 Å². The lowest BCUT2D eigenvalue weighted by atomic mass is 9.99. The van der Waals surface area contributed by atoms with Crippen molar-refractivity contribution in [2.45, 2.75) is 38.6 Å². The molecule has 1 unspecified atom stereocenters. The van der Waals surface area contributed by atoms with E-state index in [2.05, 4.69) is 41.5 Å². The first-order valence-corrected chi connectivity index (χ1v) is 8.02. The van der Waals surface area contributed by atoms with Crippen molar-refractivity contribution < 1.29 is 0 Å². The summed E-state index contributed by atoms with van der Waals surface area (Å²) in [5, 5.41) is 4.45. The van der Waals surface area contributed by atoms with Crippen molar-refractivity contribution in [2.24, 2.45) is 0 Å². The molecule has 1 N–H and O–H groups in total. The van der Waals surface area contributed by atoms with Crippen LogP contribution in [0.2, 0.25) is 5.02 Å². The van der Waals surface area contributed by atoms with Gasteiger partial charge in [-0.3, -0.25) is 4.98 Å². The van der Waals surface area contributed by atoms with Gasteiger partial charge in [0.15, 0.2) is 0 Å². The van der Waals surface area contributed by atoms with Gasteiger partial charge < -0.3 is 5.32 Å². The average molecular weight is 303 g/mol. The maximum absolute atomic E-state index is 5.95. The summed E-state index contributed by atoms with van der Waals surface area (Å²) in [6, 6.07) is 12.9. The van der Waals surface area contributed by atoms with Crippen molar-refractivity contribution in [3.05, 3.63) is 64.9 Å². The fourth-order valence-corrected chi connectivity index (χ4v) is 2.55. The Hall–Kier alpha value is -1.38. The van der Waals surface area contributed by atoms with E-state index >= 15 is 0 Å². The Balaban J connectivity index is 1.92. The first kappa shape index (κ1) is 16.0. The number of rotatable bonds is 8. The minimum Gasteiger partial charge on any atom is -0.314 e. The van der Waals surface area contributed by atoms with Crippen molar-refractivity contribution in [3.63, 3.8) is 0 Å². The van der Waals surface area contributed by atoms with Gasteiger partial charge in [0, 0.05) is 23.5 Å². The van der Waals surface area contributed by atoms with Crippen LogP contribution in [0.1, 0.15) is 30.9 Å². The standard InChI is InChI=1S/C18H23ClN2/c1-2-11-21-18(8-5-15-9-12-20-13-10-15)14-16-3-6-17(19)7-4-16/h3-4,6-7,9-10,12-13,18,21H,2,5,8,11,14H2,1H3. The summed E-state index contributed by atoms with van der Waals surface area (Å²) in [4.78, 5) is 4.07. The summed E-state index contributed by atoms with van der Waals surface area (Å²) >= 11 is 5.95. The third kappa shape index (κ3) is 5.86. The van der Waals surface area contributed by atoms with Gasteiger partial charge in [0.05, 0.1) is 0 Å². The molecular formula is C18H23ClN2. The molecule has 0 aliphatic rings. The number of hydrogen-bond donors (Lipinski definition) is 1. The zero-order chi connectivity index (χ0) is 14.9. The molecule has 2 aromatic rings. The molecule has 2 nitrogen and oxygen atoms in total. The first-order valence-electron chi connectivity index (χ1n) is 7.64. The smallest absolute Gasteiger partial charge is 0.0406 e. The molecule has 0 saturated heterocycles. The Labute approximate surface area is 132 Å². The first-order chi connectivity index (χ1) is 10.3. The quantitative estimate of drug-likeness (QED) is 0.787. The SMILES string of the molecule is CCCNC(CCc1ccncc1)Cc1ccc(Cl)cc1. The molecule has 1 atom stereocenters. The predicted molar refractivity (Wildman–Crippen MR) is 89.8 cm³/mol. The van der Waals surface area contributed by atoms with Gasteiger partial charge >= 0.3 is 0 Å². The van der Waals surface area contributed by atoms with Crippen LogP contribution in [0.15, 0.2) is 48.8 Å². The maximum atomic E-state index is 5.95. The normalized spacial score (nSPS) is 12.3. The second kappa shape index (κ2) is 8.81. The van der Waals surface area contributed by atoms with Crippen LogP contribution < -0.4 is 5.32 Å². The van der Waals surface area contributed by atoms with Crippen molar-refractivity contribution in [1.82, 2.24) is 10.3 Å². The Bertz CT molecular complexity index is 511. The van der Waals surface area contributed by atoms with Crippen molar-refractivity contribution in [3.8, 4) is 0 Å². The van der Waals surface area contributed by atoms with Crippen LogP contribution in [0.3, 0.4) is 0 Å². The lowest BCUT2D eigenvalue weighted by Crippen LogP contribution is -2.32. The Morgan fingerprint density at radius 1 is 1.05 bits per heavy atom. The lowest BCUT2D eigenvalue weighted by molar-refractivity contribution is 0.477. The number of nitrogens with zero attached hydrogens (tertiary/aromatic N) is 1. The second-order valence-electron chi connectivity index (χ2n) is 5.38. The molecule has 1 heterocycles. The van der Waals surface area contributed by atoms with E-state index in [-0.39, 0.29) is 0 Å². The molecular weight excluding hydrogens is 280 g/mol. The number of benzene rings is 1. The van der Waals surface area contributed by atoms with Crippen molar-refractivity contribution >= 4 is 11.6 Å². The fraction of sp³-hybridized carbons (Fsp3) is 0.389. The largest absolute Gasteiger partial charge is 0.314 e. The summed E-state index contributed by atoms with van der Waals surface area (Å²) in [6.07, 6.45) is 8.14. The molecule has 0 radical (unpaired) electrons. The van der Waals surface area contributed by atoms with Gasteiger partial charge in [0.1, 0.15) is 0 Å². The summed E-state index contributed by atoms with van der Waals surface area (Å²) in [5.74, 6) is 0. The molecule has 0 aliphatic carbocycles. The summed E-state index contributed by atoms with van der Waals surface area (Å²) in [6.45, 7) is 3.27. The van der Waals surface area contributed by atoms with E-state index in [1.165, 1.54) is 11.1 Å². The molecule has 2 rings (SSSR count). The van der Waals surface area contributed by atoms with Gasteiger partial charge in [-0.15, -0.1) is 0 Å². The van der Waals surface area contributed by atoms with E-state index < -0.39 is 0 Å². The zero-order valence-corrected chi connectivity index (χ0v) is 13.3. The van der Waals surface area contributed by atoms with Gasteiger partial charge in [-0.25, -0.2) is 0 Å². The third-order valence-electron chi connectivity index (χ3n) is 3.61.